The molecule has 2 aromatic rings. The van der Waals surface area contributed by atoms with Crippen LogP contribution < -0.4 is 4.74 Å². The Hall–Kier alpha value is -3.13. The standard InChI is InChI=1S/C23H30N2O6/c1-6-31-23(28)21-15(2)20(16(3)24-21)19(26)14-25(12-7-13-29-4)22(27)17-8-10-18(30-5)11-9-17/h8-11,24H,6-7,12-14H2,1-5H3. The summed E-state index contributed by atoms with van der Waals surface area (Å²) in [6.45, 7) is 6.10. The summed E-state index contributed by atoms with van der Waals surface area (Å²) in [5.41, 5.74) is 2.21. The maximum absolute atomic E-state index is 13.1. The van der Waals surface area contributed by atoms with Crippen LogP contribution in [0.1, 0.15) is 55.8 Å². The highest BCUT2D eigenvalue weighted by molar-refractivity contribution is 6.05. The number of ketones is 1. The van der Waals surface area contributed by atoms with Gasteiger partial charge in [0.2, 0.25) is 0 Å². The first-order chi connectivity index (χ1) is 14.8. The van der Waals surface area contributed by atoms with Gasteiger partial charge in [0.05, 0.1) is 20.3 Å². The number of ether oxygens (including phenoxy) is 3. The first-order valence-electron chi connectivity index (χ1n) is 10.2. The van der Waals surface area contributed by atoms with Gasteiger partial charge in [0, 0.05) is 37.1 Å². The van der Waals surface area contributed by atoms with Gasteiger partial charge in [-0.25, -0.2) is 4.79 Å². The van der Waals surface area contributed by atoms with Crippen molar-refractivity contribution in [2.24, 2.45) is 0 Å². The average Bonchev–Trinajstić information content (AvgIpc) is 3.07. The van der Waals surface area contributed by atoms with Crippen LogP contribution in [0.2, 0.25) is 0 Å². The van der Waals surface area contributed by atoms with E-state index < -0.39 is 5.97 Å². The largest absolute Gasteiger partial charge is 0.497 e. The number of carbonyl (C=O) groups is 3. The molecule has 8 nitrogen and oxygen atoms in total. The van der Waals surface area contributed by atoms with E-state index in [4.69, 9.17) is 14.2 Å². The fourth-order valence-corrected chi connectivity index (χ4v) is 3.40. The highest BCUT2D eigenvalue weighted by Crippen LogP contribution is 2.21. The SMILES string of the molecule is CCOC(=O)c1[nH]c(C)c(C(=O)CN(CCCOC)C(=O)c2ccc(OC)cc2)c1C. The Morgan fingerprint density at radius 1 is 1.06 bits per heavy atom. The van der Waals surface area contributed by atoms with Crippen LogP contribution in [0, 0.1) is 13.8 Å². The molecule has 1 amide bonds. The smallest absolute Gasteiger partial charge is 0.355 e. The van der Waals surface area contributed by atoms with Crippen molar-refractivity contribution in [1.29, 1.82) is 0 Å². The Morgan fingerprint density at radius 3 is 2.32 bits per heavy atom. The number of methoxy groups -OCH3 is 2. The molecule has 0 aliphatic carbocycles. The zero-order chi connectivity index (χ0) is 23.0. The number of benzene rings is 1. The van der Waals surface area contributed by atoms with E-state index in [0.29, 0.717) is 47.7 Å². The van der Waals surface area contributed by atoms with E-state index in [1.54, 1.807) is 59.3 Å². The molecule has 168 valence electrons. The molecule has 0 fully saturated rings. The van der Waals surface area contributed by atoms with Crippen molar-refractivity contribution in [1.82, 2.24) is 9.88 Å². The van der Waals surface area contributed by atoms with Crippen LogP contribution in [0.3, 0.4) is 0 Å². The molecule has 1 aromatic carbocycles. The van der Waals surface area contributed by atoms with Gasteiger partial charge in [-0.05, 0) is 57.0 Å². The first-order valence-corrected chi connectivity index (χ1v) is 10.2. The Kier molecular flexibility index (Phi) is 8.81. The normalized spacial score (nSPS) is 10.6. The number of nitrogens with one attached hydrogen (secondary N) is 1. The molecule has 0 bridgehead atoms. The van der Waals surface area contributed by atoms with Crippen LogP contribution in [0.25, 0.3) is 0 Å². The summed E-state index contributed by atoms with van der Waals surface area (Å²) in [5.74, 6) is -0.373. The topological polar surface area (TPSA) is 97.9 Å². The lowest BCUT2D eigenvalue weighted by Crippen LogP contribution is -2.37. The zero-order valence-electron chi connectivity index (χ0n) is 18.7. The fourth-order valence-electron chi connectivity index (χ4n) is 3.40. The van der Waals surface area contributed by atoms with Crippen molar-refractivity contribution in [2.75, 3.05) is 40.5 Å². The molecule has 1 heterocycles. The minimum atomic E-state index is -0.506. The third kappa shape index (κ3) is 5.95. The van der Waals surface area contributed by atoms with Crippen molar-refractivity contribution in [2.45, 2.75) is 27.2 Å². The van der Waals surface area contributed by atoms with E-state index >= 15 is 0 Å². The number of rotatable bonds is 11. The molecule has 0 unspecified atom stereocenters. The van der Waals surface area contributed by atoms with E-state index in [9.17, 15) is 14.4 Å². The summed E-state index contributed by atoms with van der Waals surface area (Å²) < 4.78 is 15.3. The van der Waals surface area contributed by atoms with E-state index in [1.165, 1.54) is 4.90 Å². The number of hydrogen-bond acceptors (Lipinski definition) is 6. The predicted octanol–water partition coefficient (Wildman–Crippen LogP) is 3.18. The zero-order valence-corrected chi connectivity index (χ0v) is 18.7. The Balaban J connectivity index is 2.26. The van der Waals surface area contributed by atoms with Crippen LogP contribution >= 0.6 is 0 Å². The van der Waals surface area contributed by atoms with Crippen molar-refractivity contribution < 1.29 is 28.6 Å². The third-order valence-electron chi connectivity index (χ3n) is 4.93. The summed E-state index contributed by atoms with van der Waals surface area (Å²) in [4.78, 5) is 42.8. The number of hydrogen-bond donors (Lipinski definition) is 1. The third-order valence-corrected chi connectivity index (χ3v) is 4.93. The van der Waals surface area contributed by atoms with Crippen LogP contribution in [0.15, 0.2) is 24.3 Å². The quantitative estimate of drug-likeness (QED) is 0.334. The maximum Gasteiger partial charge on any atom is 0.355 e. The number of nitrogens with zero attached hydrogens (tertiary/aromatic N) is 1. The number of aryl methyl sites for hydroxylation is 1. The monoisotopic (exact) mass is 430 g/mol. The van der Waals surface area contributed by atoms with Crippen molar-refractivity contribution in [3.8, 4) is 5.75 Å². The van der Waals surface area contributed by atoms with Crippen molar-refractivity contribution in [3.63, 3.8) is 0 Å². The van der Waals surface area contributed by atoms with Gasteiger partial charge in [-0.2, -0.15) is 0 Å². The lowest BCUT2D eigenvalue weighted by Gasteiger charge is -2.22. The molecule has 2 rings (SSSR count). The van der Waals surface area contributed by atoms with Crippen molar-refractivity contribution in [3.05, 3.63) is 52.3 Å². The second-order valence-corrected chi connectivity index (χ2v) is 7.07. The average molecular weight is 431 g/mol. The van der Waals surface area contributed by atoms with Crippen LogP contribution in [-0.2, 0) is 9.47 Å². The van der Waals surface area contributed by atoms with Gasteiger partial charge in [0.1, 0.15) is 11.4 Å². The second kappa shape index (κ2) is 11.3. The molecule has 0 aliphatic rings. The van der Waals surface area contributed by atoms with Gasteiger partial charge in [-0.1, -0.05) is 0 Å². The Labute approximate surface area is 182 Å². The summed E-state index contributed by atoms with van der Waals surface area (Å²) in [6.07, 6.45) is 0.588. The van der Waals surface area contributed by atoms with Gasteiger partial charge in [-0.3, -0.25) is 9.59 Å². The molecular formula is C23H30N2O6. The number of aromatic amines is 1. The van der Waals surface area contributed by atoms with E-state index in [-0.39, 0.29) is 30.5 Å². The molecular weight excluding hydrogens is 400 g/mol. The number of amides is 1. The molecule has 0 saturated carbocycles. The van der Waals surface area contributed by atoms with Gasteiger partial charge in [0.15, 0.2) is 5.78 Å². The van der Waals surface area contributed by atoms with Gasteiger partial charge < -0.3 is 24.1 Å². The molecule has 1 N–H and O–H groups in total. The van der Waals surface area contributed by atoms with Crippen molar-refractivity contribution >= 4 is 17.7 Å². The molecule has 0 aliphatic heterocycles. The number of esters is 1. The molecule has 8 heteroatoms. The van der Waals surface area contributed by atoms with E-state index in [0.717, 1.165) is 0 Å². The van der Waals surface area contributed by atoms with E-state index in [1.807, 2.05) is 0 Å². The van der Waals surface area contributed by atoms with Gasteiger partial charge in [-0.15, -0.1) is 0 Å². The molecule has 1 aromatic heterocycles. The highest BCUT2D eigenvalue weighted by Gasteiger charge is 2.26. The Bertz CT molecular complexity index is 917. The van der Waals surface area contributed by atoms with Crippen LogP contribution in [0.4, 0.5) is 0 Å². The molecule has 0 saturated heterocycles. The summed E-state index contributed by atoms with van der Waals surface area (Å²) in [7, 11) is 3.14. The van der Waals surface area contributed by atoms with E-state index in [2.05, 4.69) is 4.98 Å². The van der Waals surface area contributed by atoms with Gasteiger partial charge in [0.25, 0.3) is 5.91 Å². The summed E-state index contributed by atoms with van der Waals surface area (Å²) in [6, 6.07) is 6.74. The number of H-pyrrole nitrogens is 1. The lowest BCUT2D eigenvalue weighted by molar-refractivity contribution is 0.0519. The minimum absolute atomic E-state index is 0.115. The fraction of sp³-hybridized carbons (Fsp3) is 0.435. The van der Waals surface area contributed by atoms with Gasteiger partial charge >= 0.3 is 5.97 Å². The van der Waals surface area contributed by atoms with Crippen LogP contribution in [-0.4, -0.2) is 68.1 Å². The predicted molar refractivity (Wildman–Crippen MR) is 116 cm³/mol. The second-order valence-electron chi connectivity index (χ2n) is 7.07. The number of carbonyl (C=O) groups excluding carboxylic acids is 3. The maximum atomic E-state index is 13.1. The molecule has 0 spiro atoms. The molecule has 31 heavy (non-hydrogen) atoms. The summed E-state index contributed by atoms with van der Waals surface area (Å²) >= 11 is 0. The highest BCUT2D eigenvalue weighted by atomic mass is 16.5. The van der Waals surface area contributed by atoms with Crippen LogP contribution in [0.5, 0.6) is 5.75 Å². The number of aromatic nitrogens is 1. The first kappa shape index (κ1) is 24.1. The Morgan fingerprint density at radius 2 is 1.74 bits per heavy atom. The number of Topliss-reactive ketones (excluding diaryl/α,β-unsaturated/α-hetero) is 1. The summed E-state index contributed by atoms with van der Waals surface area (Å²) in [5, 5.41) is 0. The minimum Gasteiger partial charge on any atom is -0.497 e. The lowest BCUT2D eigenvalue weighted by atomic mass is 10.0. The molecule has 0 radical (unpaired) electrons. The molecule has 0 atom stereocenters.